The van der Waals surface area contributed by atoms with Crippen molar-refractivity contribution in [2.24, 2.45) is 7.05 Å². The Morgan fingerprint density at radius 1 is 1.69 bits per heavy atom. The van der Waals surface area contributed by atoms with Crippen LogP contribution in [0, 0.1) is 10.1 Å². The maximum atomic E-state index is 10.4. The molecule has 0 amide bonds. The van der Waals surface area contributed by atoms with Crippen molar-refractivity contribution in [3.05, 3.63) is 22.0 Å². The zero-order valence-corrected chi connectivity index (χ0v) is 7.94. The molecule has 1 aromatic rings. The van der Waals surface area contributed by atoms with Crippen molar-refractivity contribution in [3.63, 3.8) is 0 Å². The molecule has 0 bridgehead atoms. The molecule has 0 radical (unpaired) electrons. The van der Waals surface area contributed by atoms with Crippen molar-refractivity contribution in [2.75, 3.05) is 14.1 Å². The Hall–Kier alpha value is -1.43. The molecule has 0 saturated carbocycles. The maximum Gasteiger partial charge on any atom is 0.434 e. The molecule has 0 unspecified atom stereocenters. The summed E-state index contributed by atoms with van der Waals surface area (Å²) < 4.78 is 1.51. The summed E-state index contributed by atoms with van der Waals surface area (Å²) in [6, 6.07) is 0. The van der Waals surface area contributed by atoms with E-state index in [1.807, 2.05) is 14.1 Å². The standard InChI is InChI=1S/C7H12N4O2/c1-9(2)5-6-4-8-7(10(6)3)11(12)13/h4H,5H2,1-3H3/p+1. The van der Waals surface area contributed by atoms with Crippen LogP contribution in [0.2, 0.25) is 0 Å². The van der Waals surface area contributed by atoms with Crippen LogP contribution in [-0.2, 0) is 13.6 Å². The van der Waals surface area contributed by atoms with E-state index < -0.39 is 4.92 Å². The van der Waals surface area contributed by atoms with Gasteiger partial charge in [0.05, 0.1) is 21.1 Å². The van der Waals surface area contributed by atoms with Gasteiger partial charge in [0.2, 0.25) is 0 Å². The predicted molar refractivity (Wildman–Crippen MR) is 46.4 cm³/mol. The summed E-state index contributed by atoms with van der Waals surface area (Å²) in [7, 11) is 5.63. The lowest BCUT2D eigenvalue weighted by Gasteiger charge is -2.04. The summed E-state index contributed by atoms with van der Waals surface area (Å²) in [4.78, 5) is 14.9. The highest BCUT2D eigenvalue weighted by Gasteiger charge is 2.18. The number of hydrogen-bond donors (Lipinski definition) is 1. The van der Waals surface area contributed by atoms with Crippen molar-refractivity contribution in [3.8, 4) is 0 Å². The van der Waals surface area contributed by atoms with Gasteiger partial charge in [-0.2, -0.15) is 0 Å². The van der Waals surface area contributed by atoms with Crippen molar-refractivity contribution >= 4 is 5.95 Å². The van der Waals surface area contributed by atoms with Crippen LogP contribution in [-0.4, -0.2) is 28.6 Å². The molecule has 0 aliphatic carbocycles. The van der Waals surface area contributed by atoms with E-state index >= 15 is 0 Å². The van der Waals surface area contributed by atoms with Crippen molar-refractivity contribution in [1.82, 2.24) is 9.55 Å². The average Bonchev–Trinajstić information content (AvgIpc) is 2.32. The highest BCUT2D eigenvalue weighted by Crippen LogP contribution is 2.08. The molecule has 0 aliphatic rings. The van der Waals surface area contributed by atoms with Gasteiger partial charge in [0, 0.05) is 0 Å². The summed E-state index contributed by atoms with van der Waals surface area (Å²) >= 11 is 0. The first-order chi connectivity index (χ1) is 6.02. The maximum absolute atomic E-state index is 10.4. The smallest absolute Gasteiger partial charge is 0.390 e. The third-order valence-corrected chi connectivity index (χ3v) is 1.76. The van der Waals surface area contributed by atoms with Gasteiger partial charge in [-0.15, -0.1) is 0 Å². The molecule has 0 aromatic carbocycles. The van der Waals surface area contributed by atoms with Crippen molar-refractivity contribution < 1.29 is 9.82 Å². The molecule has 1 rings (SSSR count). The summed E-state index contributed by atoms with van der Waals surface area (Å²) in [5, 5.41) is 10.4. The van der Waals surface area contributed by atoms with Crippen LogP contribution in [0.1, 0.15) is 5.69 Å². The van der Waals surface area contributed by atoms with Gasteiger partial charge < -0.3 is 15.0 Å². The van der Waals surface area contributed by atoms with E-state index in [0.29, 0.717) is 0 Å². The first-order valence-electron chi connectivity index (χ1n) is 3.96. The normalized spacial score (nSPS) is 10.8. The number of nitro groups is 1. The Balaban J connectivity index is 2.93. The zero-order valence-electron chi connectivity index (χ0n) is 7.94. The van der Waals surface area contributed by atoms with Gasteiger partial charge in [-0.25, -0.2) is 4.57 Å². The molecular weight excluding hydrogens is 172 g/mol. The Kier molecular flexibility index (Phi) is 2.62. The number of hydrogen-bond acceptors (Lipinski definition) is 3. The number of imidazole rings is 1. The van der Waals surface area contributed by atoms with Gasteiger partial charge in [-0.05, 0) is 4.92 Å². The molecule has 0 fully saturated rings. The molecule has 0 atom stereocenters. The number of nitrogens with zero attached hydrogens (tertiary/aromatic N) is 3. The lowest BCUT2D eigenvalue weighted by atomic mass is 10.4. The van der Waals surface area contributed by atoms with Crippen LogP contribution in [0.25, 0.3) is 0 Å². The minimum atomic E-state index is -0.478. The fourth-order valence-corrected chi connectivity index (χ4v) is 1.13. The quantitative estimate of drug-likeness (QED) is 0.484. The molecule has 13 heavy (non-hydrogen) atoms. The lowest BCUT2D eigenvalue weighted by Crippen LogP contribution is -3.04. The molecule has 0 spiro atoms. The number of rotatable bonds is 3. The number of nitrogens with one attached hydrogen (secondary N) is 1. The molecule has 6 nitrogen and oxygen atoms in total. The fraction of sp³-hybridized carbons (Fsp3) is 0.571. The lowest BCUT2D eigenvalue weighted by molar-refractivity contribution is -0.873. The zero-order chi connectivity index (χ0) is 10.0. The van der Waals surface area contributed by atoms with Gasteiger partial charge in [-0.3, -0.25) is 0 Å². The second kappa shape index (κ2) is 3.53. The van der Waals surface area contributed by atoms with Gasteiger partial charge in [0.25, 0.3) is 0 Å². The Morgan fingerprint density at radius 2 is 2.31 bits per heavy atom. The summed E-state index contributed by atoms with van der Waals surface area (Å²) in [5.41, 5.74) is 0.867. The van der Waals surface area contributed by atoms with Gasteiger partial charge in [0.15, 0.2) is 5.69 Å². The van der Waals surface area contributed by atoms with E-state index in [1.165, 1.54) is 9.47 Å². The van der Waals surface area contributed by atoms with E-state index in [0.717, 1.165) is 12.2 Å². The highest BCUT2D eigenvalue weighted by molar-refractivity contribution is 5.13. The predicted octanol–water partition coefficient (Wildman–Crippen LogP) is -1.03. The van der Waals surface area contributed by atoms with Crippen LogP contribution in [0.3, 0.4) is 0 Å². The van der Waals surface area contributed by atoms with Crippen molar-refractivity contribution in [1.29, 1.82) is 0 Å². The third kappa shape index (κ3) is 2.03. The topological polar surface area (TPSA) is 65.4 Å². The minimum absolute atomic E-state index is 0.101. The first-order valence-corrected chi connectivity index (χ1v) is 3.96. The number of quaternary nitrogens is 1. The van der Waals surface area contributed by atoms with Gasteiger partial charge >= 0.3 is 5.95 Å². The Labute approximate surface area is 75.9 Å². The van der Waals surface area contributed by atoms with Crippen LogP contribution in [0.4, 0.5) is 5.95 Å². The summed E-state index contributed by atoms with van der Waals surface area (Å²) in [6.45, 7) is 0.733. The van der Waals surface area contributed by atoms with Gasteiger partial charge in [0.1, 0.15) is 12.7 Å². The monoisotopic (exact) mass is 185 g/mol. The van der Waals surface area contributed by atoms with Crippen molar-refractivity contribution in [2.45, 2.75) is 6.54 Å². The molecule has 1 aromatic heterocycles. The fourth-order valence-electron chi connectivity index (χ4n) is 1.13. The number of aromatic nitrogens is 2. The van der Waals surface area contributed by atoms with E-state index in [2.05, 4.69) is 4.98 Å². The third-order valence-electron chi connectivity index (χ3n) is 1.76. The molecule has 0 aliphatic heterocycles. The average molecular weight is 185 g/mol. The summed E-state index contributed by atoms with van der Waals surface area (Å²) in [6.07, 6.45) is 1.55. The second-order valence-corrected chi connectivity index (χ2v) is 3.25. The van der Waals surface area contributed by atoms with Crippen LogP contribution in [0.5, 0.6) is 0 Å². The summed E-state index contributed by atoms with van der Waals surface area (Å²) in [5.74, 6) is -0.101. The molecule has 0 saturated heterocycles. The first kappa shape index (κ1) is 9.66. The van der Waals surface area contributed by atoms with Crippen LogP contribution >= 0.6 is 0 Å². The van der Waals surface area contributed by atoms with Gasteiger partial charge in [-0.1, -0.05) is 4.98 Å². The molecular formula is C7H13N4O2+. The van der Waals surface area contributed by atoms with E-state index in [9.17, 15) is 10.1 Å². The Bertz CT molecular complexity index is 318. The Morgan fingerprint density at radius 3 is 2.69 bits per heavy atom. The van der Waals surface area contributed by atoms with Crippen LogP contribution < -0.4 is 4.90 Å². The second-order valence-electron chi connectivity index (χ2n) is 3.25. The SMILES string of the molecule is Cn1c(C[NH+](C)C)cnc1[N+](=O)[O-]. The molecule has 1 N–H and O–H groups in total. The highest BCUT2D eigenvalue weighted by atomic mass is 16.6. The molecule has 72 valence electrons. The molecule has 6 heteroatoms. The molecule has 1 heterocycles. The largest absolute Gasteiger partial charge is 0.434 e. The van der Waals surface area contributed by atoms with E-state index in [-0.39, 0.29) is 5.95 Å². The van der Waals surface area contributed by atoms with E-state index in [1.54, 1.807) is 13.2 Å². The van der Waals surface area contributed by atoms with Crippen LogP contribution in [0.15, 0.2) is 6.20 Å². The van der Waals surface area contributed by atoms with E-state index in [4.69, 9.17) is 0 Å². The minimum Gasteiger partial charge on any atom is -0.390 e.